The third kappa shape index (κ3) is 6.44. The van der Waals surface area contributed by atoms with E-state index in [0.717, 1.165) is 11.1 Å². The van der Waals surface area contributed by atoms with Gasteiger partial charge in [0.05, 0.1) is 28.3 Å². The van der Waals surface area contributed by atoms with Crippen LogP contribution in [0.3, 0.4) is 0 Å². The minimum atomic E-state index is -0.388. The maximum atomic E-state index is 9.37. The van der Waals surface area contributed by atoms with Crippen LogP contribution in [0.25, 0.3) is 0 Å². The fraction of sp³-hybridized carbons (Fsp3) is 0.400. The molecule has 0 heterocycles. The largest absolute Gasteiger partial charge is 0.490 e. The topological polar surface area (TPSA) is 50.7 Å². The van der Waals surface area contributed by atoms with Crippen molar-refractivity contribution in [3.8, 4) is 11.5 Å². The van der Waals surface area contributed by atoms with Crippen LogP contribution < -0.4 is 14.8 Å². The molecule has 0 amide bonds. The minimum absolute atomic E-state index is 0.0316. The summed E-state index contributed by atoms with van der Waals surface area (Å²) >= 11 is 18.4. The Morgan fingerprint density at radius 2 is 1.67 bits per heavy atom. The first kappa shape index (κ1) is 22.1. The lowest BCUT2D eigenvalue weighted by atomic mass is 10.1. The van der Waals surface area contributed by atoms with Gasteiger partial charge >= 0.3 is 0 Å². The summed E-state index contributed by atoms with van der Waals surface area (Å²) < 4.78 is 11.6. The molecule has 0 unspecified atom stereocenters. The Kier molecular flexibility index (Phi) is 8.07. The molecule has 0 saturated carbocycles. The van der Waals surface area contributed by atoms with Crippen LogP contribution in [0.1, 0.15) is 31.9 Å². The lowest BCUT2D eigenvalue weighted by Gasteiger charge is -2.24. The Balaban J connectivity index is 2.18. The van der Waals surface area contributed by atoms with E-state index in [4.69, 9.17) is 44.3 Å². The Labute approximate surface area is 175 Å². The van der Waals surface area contributed by atoms with Gasteiger partial charge in [-0.05, 0) is 56.2 Å². The molecule has 148 valence electrons. The van der Waals surface area contributed by atoms with Gasteiger partial charge in [-0.3, -0.25) is 0 Å². The van der Waals surface area contributed by atoms with Gasteiger partial charge in [0, 0.05) is 12.1 Å². The molecule has 0 radical (unpaired) electrons. The standard InChI is InChI=1S/C20H24Cl3NO3/c1-4-26-18-9-14(10-24-20(2,3)12-25)8-17(23)19(18)27-11-13-5-6-15(21)16(22)7-13/h5-9,24-25H,4,10-12H2,1-3H3. The Morgan fingerprint density at radius 1 is 0.963 bits per heavy atom. The van der Waals surface area contributed by atoms with E-state index in [1.165, 1.54) is 0 Å². The predicted molar refractivity (Wildman–Crippen MR) is 111 cm³/mol. The van der Waals surface area contributed by atoms with Crippen LogP contribution >= 0.6 is 34.8 Å². The molecular formula is C20H24Cl3NO3. The van der Waals surface area contributed by atoms with Crippen LogP contribution in [0.4, 0.5) is 0 Å². The molecule has 0 aliphatic carbocycles. The predicted octanol–water partition coefficient (Wildman–Crippen LogP) is 5.49. The Bertz CT molecular complexity index is 781. The number of nitrogens with one attached hydrogen (secondary N) is 1. The van der Waals surface area contributed by atoms with Crippen molar-refractivity contribution < 1.29 is 14.6 Å². The number of aliphatic hydroxyl groups excluding tert-OH is 1. The van der Waals surface area contributed by atoms with E-state index >= 15 is 0 Å². The van der Waals surface area contributed by atoms with Gasteiger partial charge in [0.15, 0.2) is 11.5 Å². The second-order valence-electron chi connectivity index (χ2n) is 6.77. The smallest absolute Gasteiger partial charge is 0.180 e. The zero-order valence-electron chi connectivity index (χ0n) is 15.6. The van der Waals surface area contributed by atoms with E-state index in [2.05, 4.69) is 5.32 Å². The maximum Gasteiger partial charge on any atom is 0.180 e. The minimum Gasteiger partial charge on any atom is -0.490 e. The van der Waals surface area contributed by atoms with Crippen molar-refractivity contribution in [2.75, 3.05) is 13.2 Å². The van der Waals surface area contributed by atoms with Gasteiger partial charge in [-0.2, -0.15) is 0 Å². The zero-order chi connectivity index (χ0) is 20.0. The van der Waals surface area contributed by atoms with Gasteiger partial charge in [-0.1, -0.05) is 40.9 Å². The molecule has 2 aromatic rings. The zero-order valence-corrected chi connectivity index (χ0v) is 17.9. The van der Waals surface area contributed by atoms with E-state index < -0.39 is 0 Å². The van der Waals surface area contributed by atoms with Crippen LogP contribution in [0, 0.1) is 0 Å². The van der Waals surface area contributed by atoms with E-state index in [1.807, 2.05) is 39.0 Å². The molecule has 0 saturated heterocycles. The van der Waals surface area contributed by atoms with Crippen LogP contribution in [0.2, 0.25) is 15.1 Å². The number of hydrogen-bond acceptors (Lipinski definition) is 4. The first-order valence-electron chi connectivity index (χ1n) is 8.63. The van der Waals surface area contributed by atoms with Crippen LogP contribution in [0.15, 0.2) is 30.3 Å². The molecule has 0 aliphatic rings. The van der Waals surface area contributed by atoms with Gasteiger partial charge in [0.1, 0.15) is 6.61 Å². The number of hydrogen-bond donors (Lipinski definition) is 2. The van der Waals surface area contributed by atoms with Crippen LogP contribution in [-0.2, 0) is 13.2 Å². The second kappa shape index (κ2) is 9.85. The quantitative estimate of drug-likeness (QED) is 0.550. The molecule has 2 rings (SSSR count). The highest BCUT2D eigenvalue weighted by Crippen LogP contribution is 2.37. The fourth-order valence-corrected chi connectivity index (χ4v) is 2.92. The molecule has 0 atom stereocenters. The maximum absolute atomic E-state index is 9.37. The first-order chi connectivity index (χ1) is 12.8. The van der Waals surface area contributed by atoms with E-state index in [1.54, 1.807) is 12.1 Å². The summed E-state index contributed by atoms with van der Waals surface area (Å²) in [5.41, 5.74) is 1.42. The molecule has 0 aliphatic heterocycles. The third-order valence-corrected chi connectivity index (χ3v) is 4.92. The molecule has 2 N–H and O–H groups in total. The van der Waals surface area contributed by atoms with Crippen LogP contribution in [-0.4, -0.2) is 23.9 Å². The van der Waals surface area contributed by atoms with Gasteiger partial charge < -0.3 is 19.9 Å². The number of halogens is 3. The summed E-state index contributed by atoms with van der Waals surface area (Å²) in [5.74, 6) is 1.05. The average Bonchev–Trinajstić information content (AvgIpc) is 2.62. The highest BCUT2D eigenvalue weighted by atomic mass is 35.5. The van der Waals surface area contributed by atoms with Crippen molar-refractivity contribution >= 4 is 34.8 Å². The SMILES string of the molecule is CCOc1cc(CNC(C)(C)CO)cc(Cl)c1OCc1ccc(Cl)c(Cl)c1. The van der Waals surface area contributed by atoms with E-state index in [-0.39, 0.29) is 18.8 Å². The molecule has 27 heavy (non-hydrogen) atoms. The van der Waals surface area contributed by atoms with Crippen LogP contribution in [0.5, 0.6) is 11.5 Å². The van der Waals surface area contributed by atoms with Crippen molar-refractivity contribution in [3.63, 3.8) is 0 Å². The van der Waals surface area contributed by atoms with Crippen molar-refractivity contribution in [1.29, 1.82) is 0 Å². The normalized spacial score (nSPS) is 11.5. The molecule has 0 bridgehead atoms. The number of ether oxygens (including phenoxy) is 2. The highest BCUT2D eigenvalue weighted by molar-refractivity contribution is 6.42. The molecule has 0 spiro atoms. The highest BCUT2D eigenvalue weighted by Gasteiger charge is 2.17. The van der Waals surface area contributed by atoms with Gasteiger partial charge in [0.25, 0.3) is 0 Å². The Hall–Kier alpha value is -1.17. The lowest BCUT2D eigenvalue weighted by Crippen LogP contribution is -2.42. The van der Waals surface area contributed by atoms with E-state index in [0.29, 0.717) is 39.7 Å². The molecule has 0 aromatic heterocycles. The number of benzene rings is 2. The first-order valence-corrected chi connectivity index (χ1v) is 9.77. The van der Waals surface area contributed by atoms with Crippen molar-refractivity contribution in [1.82, 2.24) is 5.32 Å². The molecule has 2 aromatic carbocycles. The summed E-state index contributed by atoms with van der Waals surface area (Å²) in [4.78, 5) is 0. The summed E-state index contributed by atoms with van der Waals surface area (Å²) in [6.45, 7) is 7.09. The van der Waals surface area contributed by atoms with Crippen molar-refractivity contribution in [2.45, 2.75) is 39.5 Å². The molecule has 7 heteroatoms. The second-order valence-corrected chi connectivity index (χ2v) is 7.99. The fourth-order valence-electron chi connectivity index (χ4n) is 2.31. The summed E-state index contributed by atoms with van der Waals surface area (Å²) in [6.07, 6.45) is 0. The van der Waals surface area contributed by atoms with Gasteiger partial charge in [-0.25, -0.2) is 0 Å². The lowest BCUT2D eigenvalue weighted by molar-refractivity contribution is 0.187. The van der Waals surface area contributed by atoms with E-state index in [9.17, 15) is 5.11 Å². The van der Waals surface area contributed by atoms with Crippen molar-refractivity contribution in [2.24, 2.45) is 0 Å². The summed E-state index contributed by atoms with van der Waals surface area (Å²) in [7, 11) is 0. The van der Waals surface area contributed by atoms with Gasteiger partial charge in [0.2, 0.25) is 0 Å². The molecule has 0 fully saturated rings. The third-order valence-electron chi connectivity index (χ3n) is 3.90. The average molecular weight is 433 g/mol. The molecular weight excluding hydrogens is 409 g/mol. The molecule has 4 nitrogen and oxygen atoms in total. The van der Waals surface area contributed by atoms with Crippen molar-refractivity contribution in [3.05, 3.63) is 56.5 Å². The summed E-state index contributed by atoms with van der Waals surface area (Å²) in [5, 5.41) is 14.1. The van der Waals surface area contributed by atoms with Gasteiger partial charge in [-0.15, -0.1) is 0 Å². The monoisotopic (exact) mass is 431 g/mol. The number of rotatable bonds is 9. The Morgan fingerprint density at radius 3 is 2.30 bits per heavy atom. The summed E-state index contributed by atoms with van der Waals surface area (Å²) in [6, 6.07) is 9.05. The number of aliphatic hydroxyl groups is 1.